The minimum absolute atomic E-state index is 0.0242. The number of aliphatic hydroxyl groups is 1. The normalized spacial score (nSPS) is 17.6. The number of hydrazone groups is 1. The van der Waals surface area contributed by atoms with Crippen molar-refractivity contribution < 1.29 is 18.6 Å². The van der Waals surface area contributed by atoms with E-state index < -0.39 is 16.8 Å². The zero-order valence-electron chi connectivity index (χ0n) is 20.5. The standard InChI is InChI=1S/C27H31ClF2N3O2P/c1-17(2)25(31)32-33-14-12-19(16-18(33)3)22-6-5-7-23(24(22)29)35-15-13-27(30,36)26(4,34)20-8-10-21(28)11-9-20/h5-12,14,16-17,34H,3,13,15,36H2,1-2,4H3,(H2,31,32). The Morgan fingerprint density at radius 2 is 1.94 bits per heavy atom. The fourth-order valence-corrected chi connectivity index (χ4v) is 3.87. The van der Waals surface area contributed by atoms with E-state index in [1.807, 2.05) is 23.1 Å². The number of rotatable bonds is 9. The summed E-state index contributed by atoms with van der Waals surface area (Å²) in [6.07, 6.45) is 4.84. The number of nitrogens with zero attached hydrogens (tertiary/aromatic N) is 2. The number of benzene rings is 2. The predicted octanol–water partition coefficient (Wildman–Crippen LogP) is 6.35. The third-order valence-corrected chi connectivity index (χ3v) is 7.14. The number of ether oxygens (including phenoxy) is 1. The second-order valence-electron chi connectivity index (χ2n) is 9.09. The quantitative estimate of drug-likeness (QED) is 0.224. The summed E-state index contributed by atoms with van der Waals surface area (Å²) in [5, 5.41) is 15.1. The van der Waals surface area contributed by atoms with Crippen molar-refractivity contribution in [1.82, 2.24) is 5.01 Å². The lowest BCUT2D eigenvalue weighted by Crippen LogP contribution is -2.42. The van der Waals surface area contributed by atoms with Crippen LogP contribution in [-0.4, -0.2) is 28.0 Å². The Balaban J connectivity index is 1.71. The molecule has 1 aliphatic rings. The molecule has 0 aromatic heterocycles. The zero-order valence-corrected chi connectivity index (χ0v) is 22.4. The summed E-state index contributed by atoms with van der Waals surface area (Å²) in [5.41, 5.74) is 5.86. The van der Waals surface area contributed by atoms with Crippen LogP contribution in [0.4, 0.5) is 8.78 Å². The molecule has 36 heavy (non-hydrogen) atoms. The maximum absolute atomic E-state index is 15.5. The molecule has 192 valence electrons. The van der Waals surface area contributed by atoms with Gasteiger partial charge in [-0.2, -0.15) is 5.10 Å². The topological polar surface area (TPSA) is 71.1 Å². The largest absolute Gasteiger partial charge is 0.490 e. The third kappa shape index (κ3) is 6.15. The van der Waals surface area contributed by atoms with E-state index in [9.17, 15) is 5.11 Å². The van der Waals surface area contributed by atoms with Crippen LogP contribution < -0.4 is 10.5 Å². The molecule has 3 N–H and O–H groups in total. The molecule has 2 aromatic rings. The lowest BCUT2D eigenvalue weighted by Gasteiger charge is -2.36. The van der Waals surface area contributed by atoms with Gasteiger partial charge >= 0.3 is 0 Å². The van der Waals surface area contributed by atoms with E-state index in [0.29, 0.717) is 33.3 Å². The Kier molecular flexibility index (Phi) is 8.60. The van der Waals surface area contributed by atoms with Crippen molar-refractivity contribution >= 4 is 32.2 Å². The first-order chi connectivity index (χ1) is 16.8. The SMILES string of the molecule is C=C1C=C(c2cccc(OCCC(F)(P)C(C)(O)c3ccc(Cl)cc3)c2F)C=CN1/N=C(/N)C(C)C. The number of alkyl halides is 1. The predicted molar refractivity (Wildman–Crippen MR) is 146 cm³/mol. The smallest absolute Gasteiger partial charge is 0.172 e. The fourth-order valence-electron chi connectivity index (χ4n) is 3.46. The lowest BCUT2D eigenvalue weighted by atomic mass is 9.89. The van der Waals surface area contributed by atoms with E-state index >= 15 is 8.78 Å². The molecule has 1 aliphatic heterocycles. The van der Waals surface area contributed by atoms with Crippen molar-refractivity contribution in [2.45, 2.75) is 38.2 Å². The van der Waals surface area contributed by atoms with Gasteiger partial charge in [0.2, 0.25) is 0 Å². The number of allylic oxidation sites excluding steroid dienone is 3. The van der Waals surface area contributed by atoms with Gasteiger partial charge < -0.3 is 15.6 Å². The molecule has 0 saturated heterocycles. The molecular formula is C27H31ClF2N3O2P. The molecule has 0 aliphatic carbocycles. The van der Waals surface area contributed by atoms with Crippen LogP contribution in [0.3, 0.4) is 0 Å². The summed E-state index contributed by atoms with van der Waals surface area (Å²) in [6, 6.07) is 11.0. The monoisotopic (exact) mass is 533 g/mol. The first-order valence-electron chi connectivity index (χ1n) is 11.4. The van der Waals surface area contributed by atoms with Gasteiger partial charge in [-0.1, -0.05) is 65.5 Å². The summed E-state index contributed by atoms with van der Waals surface area (Å²) in [7, 11) is 2.05. The molecule has 0 bridgehead atoms. The number of hydrogen-bond acceptors (Lipinski definition) is 4. The highest BCUT2D eigenvalue weighted by Gasteiger charge is 2.45. The summed E-state index contributed by atoms with van der Waals surface area (Å²) >= 11 is 5.90. The molecule has 0 fully saturated rings. The number of nitrogens with two attached hydrogens (primary N) is 1. The lowest BCUT2D eigenvalue weighted by molar-refractivity contribution is -0.0534. The molecule has 0 radical (unpaired) electrons. The van der Waals surface area contributed by atoms with Crippen LogP contribution in [0.25, 0.3) is 5.57 Å². The molecule has 3 rings (SSSR count). The first-order valence-corrected chi connectivity index (χ1v) is 12.4. The van der Waals surface area contributed by atoms with Gasteiger partial charge in [-0.3, -0.25) is 0 Å². The minimum atomic E-state index is -2.14. The average molecular weight is 534 g/mol. The molecule has 9 heteroatoms. The average Bonchev–Trinajstić information content (AvgIpc) is 2.81. The second kappa shape index (κ2) is 11.1. The van der Waals surface area contributed by atoms with Crippen molar-refractivity contribution in [3.8, 4) is 5.75 Å². The molecular weight excluding hydrogens is 503 g/mol. The van der Waals surface area contributed by atoms with Gasteiger partial charge in [-0.15, -0.1) is 0 Å². The van der Waals surface area contributed by atoms with Crippen LogP contribution in [-0.2, 0) is 5.60 Å². The van der Waals surface area contributed by atoms with Gasteiger partial charge in [0.1, 0.15) is 11.4 Å². The molecule has 5 nitrogen and oxygen atoms in total. The van der Waals surface area contributed by atoms with Crippen LogP contribution in [0.2, 0.25) is 5.02 Å². The Hall–Kier alpha value is -2.73. The van der Waals surface area contributed by atoms with Crippen molar-refractivity contribution in [1.29, 1.82) is 0 Å². The summed E-state index contributed by atoms with van der Waals surface area (Å²) in [5.74, 6) is -0.0871. The molecule has 0 saturated carbocycles. The van der Waals surface area contributed by atoms with Crippen molar-refractivity contribution in [3.05, 3.63) is 95.1 Å². The molecule has 3 atom stereocenters. The first kappa shape index (κ1) is 27.9. The van der Waals surface area contributed by atoms with Crippen LogP contribution in [0, 0.1) is 11.7 Å². The van der Waals surface area contributed by atoms with Gasteiger partial charge in [-0.25, -0.2) is 13.8 Å². The van der Waals surface area contributed by atoms with Gasteiger partial charge in [0.25, 0.3) is 0 Å². The molecule has 0 amide bonds. The van der Waals surface area contributed by atoms with Gasteiger partial charge in [0.15, 0.2) is 17.0 Å². The van der Waals surface area contributed by atoms with Crippen LogP contribution in [0.5, 0.6) is 5.75 Å². The van der Waals surface area contributed by atoms with Gasteiger partial charge in [0.05, 0.1) is 12.3 Å². The Morgan fingerprint density at radius 1 is 1.28 bits per heavy atom. The van der Waals surface area contributed by atoms with Crippen LogP contribution in [0.15, 0.2) is 78.2 Å². The Labute approximate surface area is 218 Å². The van der Waals surface area contributed by atoms with E-state index in [2.05, 4.69) is 11.7 Å². The van der Waals surface area contributed by atoms with E-state index in [4.69, 9.17) is 22.1 Å². The highest BCUT2D eigenvalue weighted by Crippen LogP contribution is 2.44. The zero-order chi connectivity index (χ0) is 26.7. The molecule has 1 heterocycles. The summed E-state index contributed by atoms with van der Waals surface area (Å²) < 4.78 is 36.4. The Bertz CT molecular complexity index is 1210. The number of hydrogen-bond donors (Lipinski definition) is 2. The van der Waals surface area contributed by atoms with Crippen molar-refractivity contribution in [2.75, 3.05) is 6.61 Å². The molecule has 3 unspecified atom stereocenters. The van der Waals surface area contributed by atoms with Crippen molar-refractivity contribution in [3.63, 3.8) is 0 Å². The maximum Gasteiger partial charge on any atom is 0.172 e. The second-order valence-corrected chi connectivity index (χ2v) is 10.4. The highest BCUT2D eigenvalue weighted by atomic mass is 35.5. The Morgan fingerprint density at radius 3 is 2.56 bits per heavy atom. The highest BCUT2D eigenvalue weighted by molar-refractivity contribution is 7.18. The minimum Gasteiger partial charge on any atom is -0.490 e. The number of halogens is 3. The van der Waals surface area contributed by atoms with Crippen LogP contribution in [0.1, 0.15) is 38.3 Å². The van der Waals surface area contributed by atoms with Crippen molar-refractivity contribution in [2.24, 2.45) is 16.8 Å². The summed E-state index contributed by atoms with van der Waals surface area (Å²) in [6.45, 7) is 9.05. The van der Waals surface area contributed by atoms with Gasteiger partial charge in [0, 0.05) is 29.1 Å². The maximum atomic E-state index is 15.5. The molecule has 2 aromatic carbocycles. The number of amidine groups is 1. The van der Waals surface area contributed by atoms with E-state index in [1.54, 1.807) is 54.8 Å². The van der Waals surface area contributed by atoms with E-state index in [-0.39, 0.29) is 24.7 Å². The fraction of sp³-hybridized carbons (Fsp3) is 0.296. The summed E-state index contributed by atoms with van der Waals surface area (Å²) in [4.78, 5) is 0. The van der Waals surface area contributed by atoms with E-state index in [1.165, 1.54) is 18.0 Å². The van der Waals surface area contributed by atoms with E-state index in [0.717, 1.165) is 0 Å². The van der Waals surface area contributed by atoms with Gasteiger partial charge in [-0.05, 0) is 48.4 Å². The van der Waals surface area contributed by atoms with Crippen LogP contribution >= 0.6 is 20.8 Å². The third-order valence-electron chi connectivity index (χ3n) is 6.04. The molecule has 0 spiro atoms.